The number of nitriles is 1. The molecule has 6 heteroatoms. The van der Waals surface area contributed by atoms with Gasteiger partial charge in [0, 0.05) is 21.4 Å². The number of aromatic nitrogens is 1. The summed E-state index contributed by atoms with van der Waals surface area (Å²) in [5, 5.41) is 10.3. The third kappa shape index (κ3) is 2.84. The zero-order chi connectivity index (χ0) is 17.3. The number of halogens is 2. The molecule has 0 aliphatic heterocycles. The molecule has 0 saturated heterocycles. The highest BCUT2D eigenvalue weighted by molar-refractivity contribution is 6.31. The van der Waals surface area contributed by atoms with Gasteiger partial charge in [0.1, 0.15) is 24.1 Å². The van der Waals surface area contributed by atoms with Crippen LogP contribution in [0.2, 0.25) is 5.02 Å². The molecule has 3 rings (SSSR count). The minimum Gasteiger partial charge on any atom is -0.474 e. The van der Waals surface area contributed by atoms with Gasteiger partial charge in [-0.2, -0.15) is 5.26 Å². The third-order valence-electron chi connectivity index (χ3n) is 3.78. The molecule has 0 aliphatic rings. The van der Waals surface area contributed by atoms with Gasteiger partial charge in [-0.25, -0.2) is 4.39 Å². The van der Waals surface area contributed by atoms with Gasteiger partial charge in [0.2, 0.25) is 5.88 Å². The number of fused-ring (bicyclic) bond motifs is 1. The number of aromatic amines is 1. The molecule has 0 saturated carbocycles. The summed E-state index contributed by atoms with van der Waals surface area (Å²) in [7, 11) is 0. The van der Waals surface area contributed by atoms with E-state index in [1.54, 1.807) is 6.07 Å². The predicted molar refractivity (Wildman–Crippen MR) is 89.8 cm³/mol. The van der Waals surface area contributed by atoms with Crippen LogP contribution in [0.5, 0.6) is 5.88 Å². The summed E-state index contributed by atoms with van der Waals surface area (Å²) in [6.45, 7) is 2.00. The fraction of sp³-hybridized carbons (Fsp3) is 0.111. The van der Waals surface area contributed by atoms with Gasteiger partial charge in [0.25, 0.3) is 5.56 Å². The second-order valence-electron chi connectivity index (χ2n) is 5.28. The number of rotatable bonds is 3. The molecule has 24 heavy (non-hydrogen) atoms. The van der Waals surface area contributed by atoms with Crippen LogP contribution < -0.4 is 10.3 Å². The van der Waals surface area contributed by atoms with Crippen molar-refractivity contribution in [3.63, 3.8) is 0 Å². The van der Waals surface area contributed by atoms with E-state index in [0.29, 0.717) is 15.8 Å². The van der Waals surface area contributed by atoms with E-state index in [2.05, 4.69) is 4.98 Å². The first-order chi connectivity index (χ1) is 11.5. The van der Waals surface area contributed by atoms with Gasteiger partial charge < -0.3 is 4.74 Å². The van der Waals surface area contributed by atoms with Crippen molar-refractivity contribution in [1.82, 2.24) is 4.98 Å². The van der Waals surface area contributed by atoms with Gasteiger partial charge in [-0.3, -0.25) is 9.78 Å². The summed E-state index contributed by atoms with van der Waals surface area (Å²) in [4.78, 5) is 14.5. The van der Waals surface area contributed by atoms with Gasteiger partial charge in [-0.05, 0) is 36.8 Å². The number of hydrogen-bond donors (Lipinski definition) is 1. The Labute approximate surface area is 142 Å². The Kier molecular flexibility index (Phi) is 4.24. The van der Waals surface area contributed by atoms with Crippen molar-refractivity contribution in [2.45, 2.75) is 13.5 Å². The van der Waals surface area contributed by atoms with Crippen LogP contribution in [0.1, 0.15) is 16.7 Å². The molecule has 0 bridgehead atoms. The molecule has 4 nitrogen and oxygen atoms in total. The van der Waals surface area contributed by atoms with E-state index < -0.39 is 11.4 Å². The third-order valence-corrected chi connectivity index (χ3v) is 4.13. The van der Waals surface area contributed by atoms with Crippen LogP contribution in [-0.4, -0.2) is 4.98 Å². The normalized spacial score (nSPS) is 10.6. The lowest BCUT2D eigenvalue weighted by atomic mass is 10.1. The first-order valence-corrected chi connectivity index (χ1v) is 7.51. The summed E-state index contributed by atoms with van der Waals surface area (Å²) in [5.74, 6) is -0.384. The second kappa shape index (κ2) is 6.34. The van der Waals surface area contributed by atoms with Crippen LogP contribution in [0.4, 0.5) is 4.39 Å². The van der Waals surface area contributed by atoms with Crippen molar-refractivity contribution in [3.05, 3.63) is 74.3 Å². The zero-order valence-corrected chi connectivity index (χ0v) is 13.4. The highest BCUT2D eigenvalue weighted by atomic mass is 35.5. The summed E-state index contributed by atoms with van der Waals surface area (Å²) in [6, 6.07) is 11.1. The number of H-pyrrole nitrogens is 1. The van der Waals surface area contributed by atoms with E-state index in [1.165, 1.54) is 18.2 Å². The molecule has 0 unspecified atom stereocenters. The highest BCUT2D eigenvalue weighted by Gasteiger charge is 2.14. The van der Waals surface area contributed by atoms with Crippen LogP contribution in [0.3, 0.4) is 0 Å². The lowest BCUT2D eigenvalue weighted by Crippen LogP contribution is -2.13. The number of ether oxygens (including phenoxy) is 1. The molecule has 1 heterocycles. The number of aryl methyl sites for hydroxylation is 1. The molecular formula is C18H12ClFN2O2. The minimum absolute atomic E-state index is 0.0775. The van der Waals surface area contributed by atoms with Gasteiger partial charge in [0.05, 0.1) is 0 Å². The number of nitrogens with zero attached hydrogens (tertiary/aromatic N) is 1. The standard InChI is InChI=1S/C18H12ClFN2O2/c1-10-3-2-4-16(19)15(10)9-24-18-13-7-11(20)5-6-12(13)14(8-21)17(23)22-18/h2-7H,9H2,1H3,(H,22,23). The number of nitrogens with one attached hydrogen (secondary N) is 1. The average molecular weight is 343 g/mol. The van der Waals surface area contributed by atoms with E-state index in [4.69, 9.17) is 21.6 Å². The topological polar surface area (TPSA) is 65.9 Å². The van der Waals surface area contributed by atoms with Gasteiger partial charge in [-0.15, -0.1) is 0 Å². The Hall–Kier alpha value is -2.84. The van der Waals surface area contributed by atoms with Crippen LogP contribution in [0.15, 0.2) is 41.2 Å². The average Bonchev–Trinajstić information content (AvgIpc) is 2.54. The first kappa shape index (κ1) is 16.0. The smallest absolute Gasteiger partial charge is 0.269 e. The van der Waals surface area contributed by atoms with Gasteiger partial charge >= 0.3 is 0 Å². The molecular weight excluding hydrogens is 331 g/mol. The van der Waals surface area contributed by atoms with Crippen molar-refractivity contribution in [2.24, 2.45) is 0 Å². The maximum Gasteiger partial charge on any atom is 0.269 e. The van der Waals surface area contributed by atoms with Gasteiger partial charge in [-0.1, -0.05) is 23.7 Å². The quantitative estimate of drug-likeness (QED) is 0.780. The van der Waals surface area contributed by atoms with Crippen LogP contribution >= 0.6 is 11.6 Å². The van der Waals surface area contributed by atoms with Crippen molar-refractivity contribution in [1.29, 1.82) is 5.26 Å². The summed E-state index contributed by atoms with van der Waals surface area (Å²) in [5.41, 5.74) is 1.05. The fourth-order valence-corrected chi connectivity index (χ4v) is 2.77. The van der Waals surface area contributed by atoms with Crippen molar-refractivity contribution in [2.75, 3.05) is 0 Å². The molecule has 120 valence electrons. The number of benzene rings is 2. The van der Waals surface area contributed by atoms with E-state index in [0.717, 1.165) is 11.1 Å². The van der Waals surface area contributed by atoms with Crippen LogP contribution in [0.25, 0.3) is 10.8 Å². The number of pyridine rings is 1. The first-order valence-electron chi connectivity index (χ1n) is 7.13. The molecule has 0 amide bonds. The Morgan fingerprint density at radius 2 is 2.08 bits per heavy atom. The van der Waals surface area contributed by atoms with E-state index in [-0.39, 0.29) is 18.1 Å². The maximum absolute atomic E-state index is 13.6. The fourth-order valence-electron chi connectivity index (χ4n) is 2.50. The van der Waals surface area contributed by atoms with Crippen LogP contribution in [-0.2, 0) is 6.61 Å². The SMILES string of the molecule is Cc1cccc(Cl)c1COc1[nH]c(=O)c(C#N)c2ccc(F)cc12. The Bertz CT molecular complexity index is 1020. The molecule has 0 atom stereocenters. The van der Waals surface area contributed by atoms with E-state index in [1.807, 2.05) is 25.1 Å². The Balaban J connectivity index is 2.09. The maximum atomic E-state index is 13.6. The molecule has 0 radical (unpaired) electrons. The lowest BCUT2D eigenvalue weighted by molar-refractivity contribution is 0.296. The molecule has 2 aromatic carbocycles. The number of hydrogen-bond acceptors (Lipinski definition) is 3. The van der Waals surface area contributed by atoms with E-state index >= 15 is 0 Å². The van der Waals surface area contributed by atoms with Crippen molar-refractivity contribution in [3.8, 4) is 11.9 Å². The second-order valence-corrected chi connectivity index (χ2v) is 5.69. The lowest BCUT2D eigenvalue weighted by Gasteiger charge is -2.12. The monoisotopic (exact) mass is 342 g/mol. The predicted octanol–water partition coefficient (Wildman–Crippen LogP) is 4.08. The van der Waals surface area contributed by atoms with E-state index in [9.17, 15) is 9.18 Å². The van der Waals surface area contributed by atoms with Crippen molar-refractivity contribution >= 4 is 22.4 Å². The highest BCUT2D eigenvalue weighted by Crippen LogP contribution is 2.27. The molecule has 1 N–H and O–H groups in total. The van der Waals surface area contributed by atoms with Gasteiger partial charge in [0.15, 0.2) is 0 Å². The minimum atomic E-state index is -0.581. The van der Waals surface area contributed by atoms with Crippen LogP contribution in [0, 0.1) is 24.1 Å². The molecule has 0 aliphatic carbocycles. The Morgan fingerprint density at radius 3 is 2.79 bits per heavy atom. The molecule has 3 aromatic rings. The Morgan fingerprint density at radius 1 is 1.29 bits per heavy atom. The molecule has 1 aromatic heterocycles. The van der Waals surface area contributed by atoms with Crippen molar-refractivity contribution < 1.29 is 9.13 Å². The summed E-state index contributed by atoms with van der Waals surface area (Å²) < 4.78 is 19.3. The molecule has 0 spiro atoms. The summed E-state index contributed by atoms with van der Waals surface area (Å²) >= 11 is 6.16. The largest absolute Gasteiger partial charge is 0.474 e. The summed E-state index contributed by atoms with van der Waals surface area (Å²) in [6.07, 6.45) is 0. The molecule has 0 fully saturated rings. The zero-order valence-electron chi connectivity index (χ0n) is 12.7.